The molecule has 7 nitrogen and oxygen atoms in total. The lowest BCUT2D eigenvalue weighted by Gasteiger charge is -2.00. The highest BCUT2D eigenvalue weighted by atomic mass is 32.1. The van der Waals surface area contributed by atoms with Gasteiger partial charge in [-0.05, 0) is 12.2 Å². The van der Waals surface area contributed by atoms with Gasteiger partial charge < -0.3 is 5.73 Å². The zero-order valence-electron chi connectivity index (χ0n) is 8.21. The van der Waals surface area contributed by atoms with E-state index in [-0.39, 0.29) is 0 Å². The molecule has 0 amide bonds. The van der Waals surface area contributed by atoms with Gasteiger partial charge in [-0.3, -0.25) is 9.25 Å². The average Bonchev–Trinajstić information content (AvgIpc) is 2.73. The van der Waals surface area contributed by atoms with Gasteiger partial charge in [0.1, 0.15) is 6.33 Å². The minimum Gasteiger partial charge on any atom is -0.368 e. The van der Waals surface area contributed by atoms with E-state index in [0.29, 0.717) is 23.7 Å². The molecule has 0 aliphatic rings. The predicted octanol–water partition coefficient (Wildman–Crippen LogP) is -0.106. The van der Waals surface area contributed by atoms with Crippen molar-refractivity contribution in [2.24, 2.45) is 7.05 Å². The number of H-pyrrole nitrogens is 1. The molecule has 0 spiro atoms. The third-order valence-electron chi connectivity index (χ3n) is 1.99. The Kier molecular flexibility index (Phi) is 2.50. The molecule has 0 aromatic carbocycles. The molecule has 0 fully saturated rings. The van der Waals surface area contributed by atoms with Crippen molar-refractivity contribution in [1.29, 1.82) is 0 Å². The molecule has 0 unspecified atom stereocenters. The quantitative estimate of drug-likeness (QED) is 0.711. The molecule has 8 heteroatoms. The Bertz CT molecular complexity index is 507. The van der Waals surface area contributed by atoms with Gasteiger partial charge in [0, 0.05) is 20.0 Å². The Morgan fingerprint density at radius 3 is 2.93 bits per heavy atom. The Morgan fingerprint density at radius 1 is 1.60 bits per heavy atom. The summed E-state index contributed by atoms with van der Waals surface area (Å²) in [5.41, 5.74) is 5.62. The number of anilines is 1. The van der Waals surface area contributed by atoms with Gasteiger partial charge in [-0.2, -0.15) is 5.10 Å². The summed E-state index contributed by atoms with van der Waals surface area (Å²) >= 11 is 5.01. The first-order valence-electron chi connectivity index (χ1n) is 4.42. The molecule has 80 valence electrons. The van der Waals surface area contributed by atoms with E-state index in [1.807, 2.05) is 7.05 Å². The maximum Gasteiger partial charge on any atom is 0.220 e. The molecule has 2 aromatic rings. The van der Waals surface area contributed by atoms with Crippen molar-refractivity contribution in [2.75, 3.05) is 5.73 Å². The molecule has 2 aromatic heterocycles. The fourth-order valence-electron chi connectivity index (χ4n) is 1.26. The number of nitrogen functional groups attached to an aromatic ring is 1. The van der Waals surface area contributed by atoms with Crippen LogP contribution in [0.2, 0.25) is 0 Å². The SMILES string of the molecule is Cn1cnc(CCn2c(N)n[nH]c2=S)n1. The van der Waals surface area contributed by atoms with E-state index < -0.39 is 0 Å². The van der Waals surface area contributed by atoms with Crippen molar-refractivity contribution in [3.05, 3.63) is 16.9 Å². The topological polar surface area (TPSA) is 90.3 Å². The fraction of sp³-hybridized carbons (Fsp3) is 0.429. The smallest absolute Gasteiger partial charge is 0.220 e. The van der Waals surface area contributed by atoms with Crippen molar-refractivity contribution in [2.45, 2.75) is 13.0 Å². The summed E-state index contributed by atoms with van der Waals surface area (Å²) in [6.07, 6.45) is 2.34. The van der Waals surface area contributed by atoms with Gasteiger partial charge in [0.05, 0.1) is 0 Å². The second-order valence-electron chi connectivity index (χ2n) is 3.12. The van der Waals surface area contributed by atoms with Gasteiger partial charge in [-0.1, -0.05) is 0 Å². The van der Waals surface area contributed by atoms with Crippen molar-refractivity contribution in [3.63, 3.8) is 0 Å². The summed E-state index contributed by atoms with van der Waals surface area (Å²) < 4.78 is 3.89. The Balaban J connectivity index is 2.08. The molecular weight excluding hydrogens is 214 g/mol. The number of hydrogen-bond acceptors (Lipinski definition) is 5. The highest BCUT2D eigenvalue weighted by Crippen LogP contribution is 2.01. The highest BCUT2D eigenvalue weighted by Gasteiger charge is 2.04. The van der Waals surface area contributed by atoms with Gasteiger partial charge in [-0.15, -0.1) is 5.10 Å². The number of nitrogens with one attached hydrogen (secondary N) is 1. The van der Waals surface area contributed by atoms with Crippen molar-refractivity contribution in [1.82, 2.24) is 29.5 Å². The first kappa shape index (κ1) is 9.84. The molecular formula is C7H11N7S. The van der Waals surface area contributed by atoms with Crippen LogP contribution in [0.4, 0.5) is 5.95 Å². The molecule has 0 aliphatic heterocycles. The van der Waals surface area contributed by atoms with Crippen LogP contribution in [0.25, 0.3) is 0 Å². The molecule has 2 rings (SSSR count). The highest BCUT2D eigenvalue weighted by molar-refractivity contribution is 7.71. The largest absolute Gasteiger partial charge is 0.368 e. The number of nitrogens with zero attached hydrogens (tertiary/aromatic N) is 5. The van der Waals surface area contributed by atoms with Gasteiger partial charge in [0.25, 0.3) is 0 Å². The maximum absolute atomic E-state index is 5.62. The van der Waals surface area contributed by atoms with Crippen LogP contribution < -0.4 is 5.73 Å². The molecule has 0 saturated heterocycles. The number of aromatic amines is 1. The van der Waals surface area contributed by atoms with E-state index in [2.05, 4.69) is 20.3 Å². The zero-order chi connectivity index (χ0) is 10.8. The van der Waals surface area contributed by atoms with Crippen LogP contribution in [0.3, 0.4) is 0 Å². The van der Waals surface area contributed by atoms with Gasteiger partial charge in [0.2, 0.25) is 5.95 Å². The summed E-state index contributed by atoms with van der Waals surface area (Å²) in [5, 5.41) is 10.6. The number of aromatic nitrogens is 6. The second kappa shape index (κ2) is 3.81. The third-order valence-corrected chi connectivity index (χ3v) is 2.31. The Labute approximate surface area is 90.9 Å². The standard InChI is InChI=1S/C7H11N7S/c1-13-4-9-5(12-13)2-3-14-6(8)10-11-7(14)15/h4H,2-3H2,1H3,(H2,8,10)(H,11,15). The van der Waals surface area contributed by atoms with Gasteiger partial charge >= 0.3 is 0 Å². The van der Waals surface area contributed by atoms with Crippen LogP contribution in [0.15, 0.2) is 6.33 Å². The van der Waals surface area contributed by atoms with Crippen molar-refractivity contribution >= 4 is 18.2 Å². The monoisotopic (exact) mass is 225 g/mol. The van der Waals surface area contributed by atoms with E-state index in [1.54, 1.807) is 15.6 Å². The average molecular weight is 225 g/mol. The lowest BCUT2D eigenvalue weighted by molar-refractivity contribution is 0.657. The van der Waals surface area contributed by atoms with Crippen LogP contribution in [0.1, 0.15) is 5.82 Å². The van der Waals surface area contributed by atoms with E-state index in [0.717, 1.165) is 5.82 Å². The number of hydrogen-bond donors (Lipinski definition) is 2. The molecule has 3 N–H and O–H groups in total. The van der Waals surface area contributed by atoms with Gasteiger partial charge in [-0.25, -0.2) is 10.1 Å². The second-order valence-corrected chi connectivity index (χ2v) is 3.51. The van der Waals surface area contributed by atoms with Crippen molar-refractivity contribution < 1.29 is 0 Å². The molecule has 0 aliphatic carbocycles. The van der Waals surface area contributed by atoms with Crippen LogP contribution >= 0.6 is 12.2 Å². The lowest BCUT2D eigenvalue weighted by atomic mass is 10.4. The molecule has 2 heterocycles. The van der Waals surface area contributed by atoms with E-state index in [1.165, 1.54) is 0 Å². The van der Waals surface area contributed by atoms with E-state index in [9.17, 15) is 0 Å². The lowest BCUT2D eigenvalue weighted by Crippen LogP contribution is -2.07. The van der Waals surface area contributed by atoms with E-state index in [4.69, 9.17) is 18.0 Å². The maximum atomic E-state index is 5.62. The molecule has 0 saturated carbocycles. The van der Waals surface area contributed by atoms with Crippen LogP contribution in [0.5, 0.6) is 0 Å². The molecule has 0 bridgehead atoms. The molecule has 0 atom stereocenters. The Morgan fingerprint density at radius 2 is 2.40 bits per heavy atom. The first-order chi connectivity index (χ1) is 7.16. The minimum atomic E-state index is 0.385. The first-order valence-corrected chi connectivity index (χ1v) is 4.83. The molecule has 15 heavy (non-hydrogen) atoms. The third kappa shape index (κ3) is 2.04. The number of aryl methyl sites for hydroxylation is 2. The van der Waals surface area contributed by atoms with E-state index >= 15 is 0 Å². The van der Waals surface area contributed by atoms with Gasteiger partial charge in [0.15, 0.2) is 10.6 Å². The minimum absolute atomic E-state index is 0.385. The van der Waals surface area contributed by atoms with Crippen LogP contribution in [-0.4, -0.2) is 29.5 Å². The fourth-order valence-corrected chi connectivity index (χ4v) is 1.49. The normalized spacial score (nSPS) is 10.7. The summed E-state index contributed by atoms with van der Waals surface area (Å²) in [7, 11) is 1.83. The van der Waals surface area contributed by atoms with Crippen LogP contribution in [0, 0.1) is 4.77 Å². The number of nitrogens with two attached hydrogens (primary N) is 1. The van der Waals surface area contributed by atoms with Crippen molar-refractivity contribution in [3.8, 4) is 0 Å². The zero-order valence-corrected chi connectivity index (χ0v) is 9.03. The predicted molar refractivity (Wildman–Crippen MR) is 56.5 cm³/mol. The number of rotatable bonds is 3. The Hall–Kier alpha value is -1.70. The summed E-state index contributed by atoms with van der Waals surface area (Å²) in [6, 6.07) is 0. The summed E-state index contributed by atoms with van der Waals surface area (Å²) in [4.78, 5) is 4.11. The van der Waals surface area contributed by atoms with Crippen LogP contribution in [-0.2, 0) is 20.0 Å². The molecule has 0 radical (unpaired) electrons. The summed E-state index contributed by atoms with van der Waals surface area (Å²) in [5.74, 6) is 1.15. The summed E-state index contributed by atoms with van der Waals surface area (Å²) in [6.45, 7) is 0.630.